The minimum absolute atomic E-state index is 0.411. The zero-order valence-electron chi connectivity index (χ0n) is 13.3. The van der Waals surface area contributed by atoms with E-state index in [0.29, 0.717) is 17.8 Å². The van der Waals surface area contributed by atoms with Crippen LogP contribution in [0.4, 0.5) is 5.95 Å². The van der Waals surface area contributed by atoms with Crippen molar-refractivity contribution >= 4 is 5.95 Å². The maximum atomic E-state index is 4.59. The first-order valence-corrected chi connectivity index (χ1v) is 8.14. The quantitative estimate of drug-likeness (QED) is 0.591. The van der Waals surface area contributed by atoms with Crippen LogP contribution >= 0.6 is 0 Å². The molecule has 4 rings (SSSR count). The highest BCUT2D eigenvalue weighted by Crippen LogP contribution is 2.29. The summed E-state index contributed by atoms with van der Waals surface area (Å²) in [5, 5.41) is 31.4. The number of hydrogen-bond donors (Lipinski definition) is 3. The zero-order chi connectivity index (χ0) is 16.4. The molecule has 0 radical (unpaired) electrons. The highest BCUT2D eigenvalue weighted by atomic mass is 15.5. The van der Waals surface area contributed by atoms with Crippen molar-refractivity contribution in [2.45, 2.75) is 45.2 Å². The van der Waals surface area contributed by atoms with E-state index in [1.807, 2.05) is 6.20 Å². The van der Waals surface area contributed by atoms with E-state index in [-0.39, 0.29) is 0 Å². The van der Waals surface area contributed by atoms with Gasteiger partial charge in [-0.3, -0.25) is 0 Å². The Bertz CT molecular complexity index is 760. The van der Waals surface area contributed by atoms with Crippen molar-refractivity contribution < 1.29 is 0 Å². The Balaban J connectivity index is 1.44. The van der Waals surface area contributed by atoms with Gasteiger partial charge in [-0.25, -0.2) is 15.2 Å². The van der Waals surface area contributed by atoms with E-state index in [0.717, 1.165) is 49.7 Å². The monoisotopic (exact) mass is 329 g/mol. The number of nitrogens with zero attached hydrogens (tertiary/aromatic N) is 8. The van der Waals surface area contributed by atoms with Crippen LogP contribution in [0.25, 0.3) is 11.5 Å². The number of imidazole rings is 1. The summed E-state index contributed by atoms with van der Waals surface area (Å²) in [5.74, 6) is 2.84. The zero-order valence-corrected chi connectivity index (χ0v) is 13.3. The lowest BCUT2D eigenvalue weighted by Crippen LogP contribution is -2.37. The number of fused-ring (bicyclic) bond motifs is 1. The molecule has 24 heavy (non-hydrogen) atoms. The Morgan fingerprint density at radius 1 is 1.21 bits per heavy atom. The molecule has 4 heterocycles. The van der Waals surface area contributed by atoms with Crippen molar-refractivity contribution in [2.75, 3.05) is 5.32 Å². The molecule has 0 fully saturated rings. The normalized spacial score (nSPS) is 19.9. The van der Waals surface area contributed by atoms with Gasteiger partial charge in [0.1, 0.15) is 11.5 Å². The first-order chi connectivity index (χ1) is 11.8. The number of tetrazole rings is 2. The number of H-pyrrole nitrogens is 2. The molecule has 11 nitrogen and oxygen atoms in total. The van der Waals surface area contributed by atoms with Crippen LogP contribution in [-0.2, 0) is 13.0 Å². The summed E-state index contributed by atoms with van der Waals surface area (Å²) in [6.07, 6.45) is 6.06. The predicted molar refractivity (Wildman–Crippen MR) is 83.7 cm³/mol. The van der Waals surface area contributed by atoms with E-state index >= 15 is 0 Å². The summed E-state index contributed by atoms with van der Waals surface area (Å²) in [4.78, 5) is 4.59. The van der Waals surface area contributed by atoms with Crippen LogP contribution in [-0.4, -0.2) is 56.8 Å². The minimum Gasteiger partial charge on any atom is -0.353 e. The third-order valence-corrected chi connectivity index (χ3v) is 4.50. The van der Waals surface area contributed by atoms with Crippen LogP contribution in [0.2, 0.25) is 0 Å². The molecule has 0 bridgehead atoms. The fourth-order valence-electron chi connectivity index (χ4n) is 3.26. The van der Waals surface area contributed by atoms with Gasteiger partial charge in [-0.15, -0.1) is 10.2 Å². The molecule has 0 amide bonds. The Morgan fingerprint density at radius 3 is 2.83 bits per heavy atom. The van der Waals surface area contributed by atoms with Gasteiger partial charge in [0.15, 0.2) is 5.82 Å². The Morgan fingerprint density at radius 2 is 2.08 bits per heavy atom. The first kappa shape index (κ1) is 14.7. The molecule has 0 saturated heterocycles. The Labute approximate surface area is 137 Å². The van der Waals surface area contributed by atoms with Gasteiger partial charge >= 0.3 is 0 Å². The van der Waals surface area contributed by atoms with Crippen molar-refractivity contribution in [1.29, 1.82) is 0 Å². The van der Waals surface area contributed by atoms with Crippen LogP contribution in [0.3, 0.4) is 0 Å². The van der Waals surface area contributed by atoms with Crippen LogP contribution in [0.1, 0.15) is 32.0 Å². The van der Waals surface area contributed by atoms with Crippen LogP contribution in [0.15, 0.2) is 6.20 Å². The molecule has 3 aromatic heterocycles. The summed E-state index contributed by atoms with van der Waals surface area (Å²) in [6, 6.07) is 0.411. The van der Waals surface area contributed by atoms with Crippen LogP contribution in [0.5, 0.6) is 0 Å². The van der Waals surface area contributed by atoms with Gasteiger partial charge in [-0.2, -0.15) is 0 Å². The molecule has 11 heteroatoms. The van der Waals surface area contributed by atoms with Crippen molar-refractivity contribution in [3.8, 4) is 11.5 Å². The van der Waals surface area contributed by atoms with Crippen molar-refractivity contribution in [3.05, 3.63) is 12.0 Å². The standard InChI is InChI=1S/C13H19N11/c1-2-9-8(4-3-5-11-16-20-21-17-11)6-24-7-10(15-13(24)14-9)12-18-22-23-19-12/h7-9H,2-6H2,1H3,(H,14,15)(H,16,17,20,21)(H,18,19,22,23). The fraction of sp³-hybridized carbons (Fsp3) is 0.615. The number of anilines is 1. The van der Waals surface area contributed by atoms with Crippen LogP contribution < -0.4 is 5.32 Å². The lowest BCUT2D eigenvalue weighted by atomic mass is 9.90. The summed E-state index contributed by atoms with van der Waals surface area (Å²) in [6.45, 7) is 3.13. The Hall–Kier alpha value is -2.85. The van der Waals surface area contributed by atoms with Crippen molar-refractivity contribution in [2.24, 2.45) is 5.92 Å². The van der Waals surface area contributed by atoms with E-state index in [2.05, 4.69) is 63.0 Å². The molecule has 0 spiro atoms. The number of rotatable bonds is 6. The number of aromatic nitrogens is 10. The topological polar surface area (TPSA) is 139 Å². The molecule has 1 aliphatic heterocycles. The first-order valence-electron chi connectivity index (χ1n) is 8.14. The molecular weight excluding hydrogens is 310 g/mol. The largest absolute Gasteiger partial charge is 0.353 e. The lowest BCUT2D eigenvalue weighted by Gasteiger charge is -2.33. The molecule has 126 valence electrons. The summed E-state index contributed by atoms with van der Waals surface area (Å²) >= 11 is 0. The van der Waals surface area contributed by atoms with E-state index in [1.165, 1.54) is 0 Å². The van der Waals surface area contributed by atoms with Gasteiger partial charge in [0.05, 0.1) is 0 Å². The molecule has 2 atom stereocenters. The number of nitrogens with one attached hydrogen (secondary N) is 3. The maximum Gasteiger partial charge on any atom is 0.203 e. The second kappa shape index (κ2) is 6.34. The molecular formula is C13H19N11. The van der Waals surface area contributed by atoms with E-state index < -0.39 is 0 Å². The van der Waals surface area contributed by atoms with Gasteiger partial charge in [-0.05, 0) is 46.0 Å². The molecule has 0 saturated carbocycles. The van der Waals surface area contributed by atoms with Crippen molar-refractivity contribution in [1.82, 2.24) is 50.8 Å². The SMILES string of the molecule is CCC1Nc2nc(-c3nnn[nH]3)cn2CC1CCCc1nnn[nH]1. The molecule has 2 unspecified atom stereocenters. The van der Waals surface area contributed by atoms with Gasteiger partial charge in [0.25, 0.3) is 0 Å². The lowest BCUT2D eigenvalue weighted by molar-refractivity contribution is 0.324. The predicted octanol–water partition coefficient (Wildman–Crippen LogP) is 0.419. The highest BCUT2D eigenvalue weighted by molar-refractivity contribution is 5.51. The number of aryl methyl sites for hydroxylation is 1. The van der Waals surface area contributed by atoms with Crippen LogP contribution in [0, 0.1) is 5.92 Å². The highest BCUT2D eigenvalue weighted by Gasteiger charge is 2.28. The average molecular weight is 329 g/mol. The number of hydrogen-bond acceptors (Lipinski definition) is 8. The van der Waals surface area contributed by atoms with E-state index in [4.69, 9.17) is 0 Å². The second-order valence-corrected chi connectivity index (χ2v) is 6.01. The smallest absolute Gasteiger partial charge is 0.203 e. The van der Waals surface area contributed by atoms with Gasteiger partial charge < -0.3 is 9.88 Å². The third-order valence-electron chi connectivity index (χ3n) is 4.50. The maximum absolute atomic E-state index is 4.59. The third kappa shape index (κ3) is 2.84. The number of aromatic amines is 2. The van der Waals surface area contributed by atoms with Gasteiger partial charge in [0.2, 0.25) is 5.95 Å². The summed E-state index contributed by atoms with van der Waals surface area (Å²) < 4.78 is 2.14. The molecule has 3 N–H and O–H groups in total. The van der Waals surface area contributed by atoms with E-state index in [9.17, 15) is 0 Å². The average Bonchev–Trinajstić information content (AvgIpc) is 3.34. The van der Waals surface area contributed by atoms with Gasteiger partial charge in [-0.1, -0.05) is 6.92 Å². The van der Waals surface area contributed by atoms with E-state index in [1.54, 1.807) is 0 Å². The summed E-state index contributed by atoms with van der Waals surface area (Å²) in [5.41, 5.74) is 0.755. The van der Waals surface area contributed by atoms with Gasteiger partial charge in [0, 0.05) is 25.2 Å². The fourth-order valence-corrected chi connectivity index (χ4v) is 3.26. The molecule has 3 aromatic rings. The Kier molecular flexibility index (Phi) is 3.89. The molecule has 1 aliphatic rings. The molecule has 0 aliphatic carbocycles. The van der Waals surface area contributed by atoms with Crippen molar-refractivity contribution in [3.63, 3.8) is 0 Å². The minimum atomic E-state index is 0.411. The molecule has 0 aromatic carbocycles. The second-order valence-electron chi connectivity index (χ2n) is 6.01. The summed E-state index contributed by atoms with van der Waals surface area (Å²) in [7, 11) is 0.